The SMILES string of the molecule is CNCCc1c(F)ccc(F)c1Br. The summed E-state index contributed by atoms with van der Waals surface area (Å²) in [5.41, 5.74) is 0.384. The summed E-state index contributed by atoms with van der Waals surface area (Å²) in [5.74, 6) is -0.795. The van der Waals surface area contributed by atoms with Gasteiger partial charge in [-0.15, -0.1) is 0 Å². The van der Waals surface area contributed by atoms with Gasteiger partial charge in [-0.25, -0.2) is 8.78 Å². The van der Waals surface area contributed by atoms with Gasteiger partial charge in [-0.1, -0.05) is 0 Å². The molecule has 13 heavy (non-hydrogen) atoms. The number of halogens is 3. The second-order valence-electron chi connectivity index (χ2n) is 2.68. The van der Waals surface area contributed by atoms with Crippen LogP contribution >= 0.6 is 15.9 Å². The molecule has 1 nitrogen and oxygen atoms in total. The average molecular weight is 250 g/mol. The Labute approximate surface area is 84.3 Å². The molecule has 0 atom stereocenters. The van der Waals surface area contributed by atoms with Crippen LogP contribution < -0.4 is 5.32 Å². The Balaban J connectivity index is 2.96. The molecule has 0 spiro atoms. The first kappa shape index (κ1) is 10.6. The zero-order valence-electron chi connectivity index (χ0n) is 7.20. The normalized spacial score (nSPS) is 10.5. The molecule has 1 aromatic carbocycles. The maximum atomic E-state index is 13.1. The molecule has 0 unspecified atom stereocenters. The topological polar surface area (TPSA) is 12.0 Å². The van der Waals surface area contributed by atoms with E-state index in [0.717, 1.165) is 12.1 Å². The third-order valence-electron chi connectivity index (χ3n) is 1.76. The standard InChI is InChI=1S/C9H10BrF2N/c1-13-5-4-6-7(11)2-3-8(12)9(6)10/h2-3,13H,4-5H2,1H3. The zero-order valence-corrected chi connectivity index (χ0v) is 8.79. The van der Waals surface area contributed by atoms with Gasteiger partial charge in [-0.3, -0.25) is 0 Å². The molecule has 1 aromatic rings. The third kappa shape index (κ3) is 2.48. The molecule has 4 heteroatoms. The summed E-state index contributed by atoms with van der Waals surface area (Å²) in [5, 5.41) is 2.88. The van der Waals surface area contributed by atoms with E-state index in [1.54, 1.807) is 7.05 Å². The average Bonchev–Trinajstić information content (AvgIpc) is 2.12. The number of likely N-dealkylation sites (N-methyl/N-ethyl adjacent to an activating group) is 1. The van der Waals surface area contributed by atoms with Crippen molar-refractivity contribution in [3.05, 3.63) is 33.8 Å². The molecule has 0 aliphatic rings. The number of benzene rings is 1. The van der Waals surface area contributed by atoms with Crippen LogP contribution in [-0.2, 0) is 6.42 Å². The van der Waals surface area contributed by atoms with E-state index in [4.69, 9.17) is 0 Å². The van der Waals surface area contributed by atoms with Crippen molar-refractivity contribution in [2.75, 3.05) is 13.6 Å². The van der Waals surface area contributed by atoms with Gasteiger partial charge >= 0.3 is 0 Å². The highest BCUT2D eigenvalue weighted by Crippen LogP contribution is 2.23. The minimum absolute atomic E-state index is 0.225. The summed E-state index contributed by atoms with van der Waals surface area (Å²) in [4.78, 5) is 0. The van der Waals surface area contributed by atoms with Gasteiger partial charge in [0, 0.05) is 5.56 Å². The number of hydrogen-bond acceptors (Lipinski definition) is 1. The lowest BCUT2D eigenvalue weighted by atomic mass is 10.1. The van der Waals surface area contributed by atoms with E-state index < -0.39 is 5.82 Å². The van der Waals surface area contributed by atoms with Gasteiger partial charge in [0.1, 0.15) is 11.6 Å². The highest BCUT2D eigenvalue weighted by molar-refractivity contribution is 9.10. The van der Waals surface area contributed by atoms with Crippen molar-refractivity contribution in [3.8, 4) is 0 Å². The molecule has 0 aliphatic heterocycles. The van der Waals surface area contributed by atoms with Crippen molar-refractivity contribution >= 4 is 15.9 Å². The van der Waals surface area contributed by atoms with E-state index in [1.807, 2.05) is 0 Å². The molecule has 0 heterocycles. The molecule has 0 aromatic heterocycles. The molecular weight excluding hydrogens is 240 g/mol. The Morgan fingerprint density at radius 1 is 1.31 bits per heavy atom. The number of nitrogens with one attached hydrogen (secondary N) is 1. The maximum absolute atomic E-state index is 13.1. The first-order chi connectivity index (χ1) is 6.16. The molecule has 1 N–H and O–H groups in total. The summed E-state index contributed by atoms with van der Waals surface area (Å²) in [6.45, 7) is 0.624. The van der Waals surface area contributed by atoms with Crippen LogP contribution in [0.3, 0.4) is 0 Å². The second kappa shape index (κ2) is 4.67. The van der Waals surface area contributed by atoms with Gasteiger partial charge in [-0.05, 0) is 48.1 Å². The molecule has 0 saturated carbocycles. The first-order valence-electron chi connectivity index (χ1n) is 3.93. The second-order valence-corrected chi connectivity index (χ2v) is 3.47. The predicted molar refractivity (Wildman–Crippen MR) is 51.7 cm³/mol. The Hall–Kier alpha value is -0.480. The molecule has 0 radical (unpaired) electrons. The van der Waals surface area contributed by atoms with Crippen molar-refractivity contribution < 1.29 is 8.78 Å². The van der Waals surface area contributed by atoms with Crippen molar-refractivity contribution in [3.63, 3.8) is 0 Å². The third-order valence-corrected chi connectivity index (χ3v) is 2.62. The fourth-order valence-corrected chi connectivity index (χ4v) is 1.57. The molecular formula is C9H10BrF2N. The Kier molecular flexibility index (Phi) is 3.81. The van der Waals surface area contributed by atoms with E-state index in [-0.39, 0.29) is 10.3 Å². The lowest BCUT2D eigenvalue weighted by Gasteiger charge is -2.06. The van der Waals surface area contributed by atoms with Crippen LogP contribution in [0.5, 0.6) is 0 Å². The van der Waals surface area contributed by atoms with Crippen LogP contribution in [-0.4, -0.2) is 13.6 Å². The van der Waals surface area contributed by atoms with Gasteiger partial charge in [-0.2, -0.15) is 0 Å². The van der Waals surface area contributed by atoms with Gasteiger partial charge < -0.3 is 5.32 Å². The van der Waals surface area contributed by atoms with Crippen LogP contribution in [0, 0.1) is 11.6 Å². The molecule has 0 bridgehead atoms. The van der Waals surface area contributed by atoms with Crippen LogP contribution in [0.15, 0.2) is 16.6 Å². The minimum atomic E-state index is -0.424. The summed E-state index contributed by atoms with van der Waals surface area (Å²) in [6, 6.07) is 2.26. The lowest BCUT2D eigenvalue weighted by Crippen LogP contribution is -2.12. The van der Waals surface area contributed by atoms with Gasteiger partial charge in [0.15, 0.2) is 0 Å². The Bertz CT molecular complexity index is 302. The lowest BCUT2D eigenvalue weighted by molar-refractivity contribution is 0.575. The van der Waals surface area contributed by atoms with Crippen LogP contribution in [0.4, 0.5) is 8.78 Å². The van der Waals surface area contributed by atoms with Gasteiger partial charge in [0.25, 0.3) is 0 Å². The summed E-state index contributed by atoms with van der Waals surface area (Å²) in [7, 11) is 1.77. The van der Waals surface area contributed by atoms with E-state index in [0.29, 0.717) is 18.5 Å². The van der Waals surface area contributed by atoms with Crippen molar-refractivity contribution in [2.24, 2.45) is 0 Å². The molecule has 1 rings (SSSR count). The highest BCUT2D eigenvalue weighted by atomic mass is 79.9. The van der Waals surface area contributed by atoms with Crippen LogP contribution in [0.1, 0.15) is 5.56 Å². The zero-order chi connectivity index (χ0) is 9.84. The van der Waals surface area contributed by atoms with E-state index in [2.05, 4.69) is 21.2 Å². The monoisotopic (exact) mass is 249 g/mol. The minimum Gasteiger partial charge on any atom is -0.319 e. The van der Waals surface area contributed by atoms with E-state index in [9.17, 15) is 8.78 Å². The van der Waals surface area contributed by atoms with Crippen molar-refractivity contribution in [1.29, 1.82) is 0 Å². The van der Waals surface area contributed by atoms with Crippen molar-refractivity contribution in [2.45, 2.75) is 6.42 Å². The summed E-state index contributed by atoms with van der Waals surface area (Å²) >= 11 is 3.02. The first-order valence-corrected chi connectivity index (χ1v) is 4.73. The highest BCUT2D eigenvalue weighted by Gasteiger charge is 2.10. The quantitative estimate of drug-likeness (QED) is 0.812. The summed E-state index contributed by atoms with van der Waals surface area (Å²) in [6.07, 6.45) is 0.473. The summed E-state index contributed by atoms with van der Waals surface area (Å²) < 4.78 is 26.3. The molecule has 0 saturated heterocycles. The van der Waals surface area contributed by atoms with Crippen molar-refractivity contribution in [1.82, 2.24) is 5.32 Å². The Morgan fingerprint density at radius 2 is 1.92 bits per heavy atom. The fraction of sp³-hybridized carbons (Fsp3) is 0.333. The molecule has 0 fully saturated rings. The van der Waals surface area contributed by atoms with Gasteiger partial charge in [0.2, 0.25) is 0 Å². The number of rotatable bonds is 3. The molecule has 72 valence electrons. The molecule has 0 aliphatic carbocycles. The largest absolute Gasteiger partial charge is 0.319 e. The van der Waals surface area contributed by atoms with E-state index in [1.165, 1.54) is 0 Å². The van der Waals surface area contributed by atoms with Gasteiger partial charge in [0.05, 0.1) is 4.47 Å². The number of hydrogen-bond donors (Lipinski definition) is 1. The Morgan fingerprint density at radius 3 is 2.54 bits per heavy atom. The predicted octanol–water partition coefficient (Wildman–Crippen LogP) is 2.49. The smallest absolute Gasteiger partial charge is 0.137 e. The fourth-order valence-electron chi connectivity index (χ4n) is 1.05. The maximum Gasteiger partial charge on any atom is 0.137 e. The van der Waals surface area contributed by atoms with E-state index >= 15 is 0 Å². The van der Waals surface area contributed by atoms with Crippen LogP contribution in [0.25, 0.3) is 0 Å². The van der Waals surface area contributed by atoms with Crippen LogP contribution in [0.2, 0.25) is 0 Å². The molecule has 0 amide bonds.